The van der Waals surface area contributed by atoms with Gasteiger partial charge in [-0.2, -0.15) is 0 Å². The molecule has 0 N–H and O–H groups in total. The number of rotatable bonds is 1. The van der Waals surface area contributed by atoms with Gasteiger partial charge in [0.15, 0.2) is 0 Å². The molecule has 0 aromatic heterocycles. The van der Waals surface area contributed by atoms with E-state index in [9.17, 15) is 0 Å². The summed E-state index contributed by atoms with van der Waals surface area (Å²) in [5, 5.41) is 0. The monoisotopic (exact) mass is 270 g/mol. The van der Waals surface area contributed by atoms with Crippen LogP contribution in [-0.4, -0.2) is 0 Å². The lowest BCUT2D eigenvalue weighted by Gasteiger charge is -2.54. The molecule has 5 bridgehead atoms. The number of allylic oxidation sites excluding steroid dienone is 2. The Morgan fingerprint density at radius 2 is 2.10 bits per heavy atom. The van der Waals surface area contributed by atoms with Gasteiger partial charge >= 0.3 is 0 Å². The van der Waals surface area contributed by atoms with E-state index in [1.807, 2.05) is 5.57 Å². The third-order valence-electron chi connectivity index (χ3n) is 8.39. The van der Waals surface area contributed by atoms with Crippen molar-refractivity contribution in [3.63, 3.8) is 0 Å². The second-order valence-electron chi connectivity index (χ2n) is 9.15. The van der Waals surface area contributed by atoms with Crippen molar-refractivity contribution in [2.45, 2.75) is 65.2 Å². The molecule has 110 valence electrons. The molecule has 0 amide bonds. The summed E-state index contributed by atoms with van der Waals surface area (Å²) >= 11 is 0. The fraction of sp³-hybridized carbons (Fsp3) is 0.900. The molecule has 20 heavy (non-hydrogen) atoms. The molecule has 6 aliphatic rings. The molecule has 1 spiro atoms. The fourth-order valence-electron chi connectivity index (χ4n) is 7.69. The van der Waals surface area contributed by atoms with Crippen molar-refractivity contribution < 1.29 is 0 Å². The van der Waals surface area contributed by atoms with E-state index in [-0.39, 0.29) is 0 Å². The highest BCUT2D eigenvalue weighted by atomic mass is 14.7. The third kappa shape index (κ3) is 1.35. The first-order valence-corrected chi connectivity index (χ1v) is 9.42. The molecule has 3 fully saturated rings. The van der Waals surface area contributed by atoms with E-state index in [2.05, 4.69) is 19.9 Å². The van der Waals surface area contributed by atoms with E-state index in [0.29, 0.717) is 0 Å². The van der Waals surface area contributed by atoms with Gasteiger partial charge in [0.25, 0.3) is 0 Å². The molecule has 0 heteroatoms. The molecule has 8 unspecified atom stereocenters. The standard InChI is InChI=1S/C20H30/c1-3-14-5-4-13-6-12(2)10-20-11-15-8-17(14)19(15)18(20)9-16(20)7-13/h7,12-15,17-19H,3-6,8-11H2,1-2H3. The Balaban J connectivity index is 1.60. The van der Waals surface area contributed by atoms with Gasteiger partial charge in [-0.25, -0.2) is 0 Å². The first-order valence-electron chi connectivity index (χ1n) is 9.42. The van der Waals surface area contributed by atoms with Gasteiger partial charge in [-0.05, 0) is 91.8 Å². The topological polar surface area (TPSA) is 0 Å². The normalized spacial score (nSPS) is 59.3. The van der Waals surface area contributed by atoms with Gasteiger partial charge in [0.1, 0.15) is 0 Å². The SMILES string of the molecule is CCC1CCC2C=C3CC4C5C(CC15)CC34CC(C)C2. The van der Waals surface area contributed by atoms with Crippen LogP contribution >= 0.6 is 0 Å². The van der Waals surface area contributed by atoms with Crippen LogP contribution in [0.1, 0.15) is 65.2 Å². The zero-order valence-corrected chi connectivity index (χ0v) is 13.3. The zero-order chi connectivity index (χ0) is 13.5. The highest BCUT2D eigenvalue weighted by molar-refractivity contribution is 5.35. The Morgan fingerprint density at radius 1 is 1.20 bits per heavy atom. The quantitative estimate of drug-likeness (QED) is 0.556. The summed E-state index contributed by atoms with van der Waals surface area (Å²) in [6.07, 6.45) is 15.0. The predicted molar refractivity (Wildman–Crippen MR) is 83.2 cm³/mol. The van der Waals surface area contributed by atoms with Crippen LogP contribution in [0, 0.1) is 46.8 Å². The van der Waals surface area contributed by atoms with Crippen molar-refractivity contribution in [2.24, 2.45) is 46.8 Å². The van der Waals surface area contributed by atoms with Crippen LogP contribution in [0.15, 0.2) is 11.6 Å². The molecule has 6 aliphatic carbocycles. The van der Waals surface area contributed by atoms with Crippen molar-refractivity contribution in [3.8, 4) is 0 Å². The minimum Gasteiger partial charge on any atom is -0.0816 e. The molecule has 0 radical (unpaired) electrons. The molecule has 0 saturated heterocycles. The molecular weight excluding hydrogens is 240 g/mol. The fourth-order valence-corrected chi connectivity index (χ4v) is 7.69. The molecule has 0 aromatic carbocycles. The van der Waals surface area contributed by atoms with Crippen LogP contribution in [-0.2, 0) is 0 Å². The van der Waals surface area contributed by atoms with E-state index in [1.165, 1.54) is 32.1 Å². The zero-order valence-electron chi connectivity index (χ0n) is 13.3. The first kappa shape index (κ1) is 12.3. The van der Waals surface area contributed by atoms with Crippen molar-refractivity contribution >= 4 is 0 Å². The van der Waals surface area contributed by atoms with Crippen molar-refractivity contribution in [1.29, 1.82) is 0 Å². The van der Waals surface area contributed by atoms with Gasteiger partial charge in [-0.1, -0.05) is 31.9 Å². The van der Waals surface area contributed by atoms with Crippen molar-refractivity contribution in [2.75, 3.05) is 0 Å². The second kappa shape index (κ2) is 3.93. The molecule has 0 nitrogen and oxygen atoms in total. The van der Waals surface area contributed by atoms with Gasteiger partial charge < -0.3 is 0 Å². The van der Waals surface area contributed by atoms with Crippen LogP contribution in [0.2, 0.25) is 0 Å². The molecule has 0 aliphatic heterocycles. The summed E-state index contributed by atoms with van der Waals surface area (Å²) in [6, 6.07) is 0. The van der Waals surface area contributed by atoms with E-state index >= 15 is 0 Å². The largest absolute Gasteiger partial charge is 0.0816 e. The Bertz CT molecular complexity index is 461. The number of hydrogen-bond donors (Lipinski definition) is 0. The lowest BCUT2D eigenvalue weighted by Crippen LogP contribution is -2.47. The molecule has 0 aromatic rings. The summed E-state index contributed by atoms with van der Waals surface area (Å²) < 4.78 is 0. The Morgan fingerprint density at radius 3 is 2.95 bits per heavy atom. The molecule has 3 saturated carbocycles. The van der Waals surface area contributed by atoms with E-state index in [4.69, 9.17) is 0 Å². The van der Waals surface area contributed by atoms with Crippen LogP contribution in [0.3, 0.4) is 0 Å². The van der Waals surface area contributed by atoms with Gasteiger partial charge in [0, 0.05) is 0 Å². The number of hydrogen-bond acceptors (Lipinski definition) is 0. The first-order chi connectivity index (χ1) is 9.71. The predicted octanol–water partition coefficient (Wildman–Crippen LogP) is 5.44. The molecular formula is C20H30. The molecule has 0 heterocycles. The summed E-state index contributed by atoms with van der Waals surface area (Å²) in [4.78, 5) is 0. The third-order valence-corrected chi connectivity index (χ3v) is 8.39. The average Bonchev–Trinajstić information content (AvgIpc) is 2.50. The van der Waals surface area contributed by atoms with Gasteiger partial charge in [-0.15, -0.1) is 0 Å². The van der Waals surface area contributed by atoms with E-state index in [1.54, 1.807) is 19.3 Å². The van der Waals surface area contributed by atoms with E-state index in [0.717, 1.165) is 46.8 Å². The number of fused-ring (bicyclic) bond motifs is 2. The van der Waals surface area contributed by atoms with Crippen molar-refractivity contribution in [1.82, 2.24) is 0 Å². The van der Waals surface area contributed by atoms with Crippen LogP contribution in [0.5, 0.6) is 0 Å². The van der Waals surface area contributed by atoms with Gasteiger partial charge in [0.2, 0.25) is 0 Å². The summed E-state index contributed by atoms with van der Waals surface area (Å²) in [6.45, 7) is 5.02. The Kier molecular flexibility index (Phi) is 2.42. The van der Waals surface area contributed by atoms with Gasteiger partial charge in [0.05, 0.1) is 0 Å². The Hall–Kier alpha value is -0.260. The maximum atomic E-state index is 2.80. The second-order valence-corrected chi connectivity index (χ2v) is 9.15. The Labute approximate surface area is 124 Å². The smallest absolute Gasteiger partial charge is 0.00485 e. The van der Waals surface area contributed by atoms with Crippen LogP contribution in [0.25, 0.3) is 0 Å². The summed E-state index contributed by atoms with van der Waals surface area (Å²) in [5.41, 5.74) is 2.67. The summed E-state index contributed by atoms with van der Waals surface area (Å²) in [7, 11) is 0. The summed E-state index contributed by atoms with van der Waals surface area (Å²) in [5.74, 6) is 7.51. The highest BCUT2D eigenvalue weighted by Gasteiger charge is 2.67. The lowest BCUT2D eigenvalue weighted by atomic mass is 9.50. The molecule has 8 atom stereocenters. The average molecular weight is 270 g/mol. The van der Waals surface area contributed by atoms with Crippen LogP contribution < -0.4 is 0 Å². The minimum absolute atomic E-state index is 0.730. The van der Waals surface area contributed by atoms with E-state index < -0.39 is 0 Å². The van der Waals surface area contributed by atoms with Gasteiger partial charge in [-0.3, -0.25) is 0 Å². The van der Waals surface area contributed by atoms with Crippen molar-refractivity contribution in [3.05, 3.63) is 11.6 Å². The highest BCUT2D eigenvalue weighted by Crippen LogP contribution is 2.75. The lowest BCUT2D eigenvalue weighted by molar-refractivity contribution is -0.00962. The molecule has 6 rings (SSSR count). The minimum atomic E-state index is 0.730. The maximum absolute atomic E-state index is 2.80. The maximum Gasteiger partial charge on any atom is -0.00485 e. The van der Waals surface area contributed by atoms with Crippen LogP contribution in [0.4, 0.5) is 0 Å².